The van der Waals surface area contributed by atoms with E-state index >= 15 is 0 Å². The van der Waals surface area contributed by atoms with Crippen molar-refractivity contribution in [2.24, 2.45) is 0 Å². The van der Waals surface area contributed by atoms with Gasteiger partial charge in [-0.25, -0.2) is 4.98 Å². The summed E-state index contributed by atoms with van der Waals surface area (Å²) < 4.78 is 0. The highest BCUT2D eigenvalue weighted by molar-refractivity contribution is 5.94. The number of rotatable bonds is 7. The molecule has 3 heterocycles. The number of carbonyl (C=O) groups is 2. The lowest BCUT2D eigenvalue weighted by molar-refractivity contribution is -0.119. The lowest BCUT2D eigenvalue weighted by atomic mass is 10.2. The van der Waals surface area contributed by atoms with Gasteiger partial charge in [0.1, 0.15) is 5.82 Å². The second-order valence-electron chi connectivity index (χ2n) is 6.72. The van der Waals surface area contributed by atoms with Gasteiger partial charge >= 0.3 is 0 Å². The van der Waals surface area contributed by atoms with Gasteiger partial charge in [0.05, 0.1) is 5.56 Å². The van der Waals surface area contributed by atoms with Crippen molar-refractivity contribution in [3.63, 3.8) is 0 Å². The maximum atomic E-state index is 12.2. The van der Waals surface area contributed by atoms with Gasteiger partial charge in [-0.05, 0) is 43.5 Å². The summed E-state index contributed by atoms with van der Waals surface area (Å²) in [6, 6.07) is 9.66. The largest absolute Gasteiger partial charge is 0.354 e. The molecule has 142 valence electrons. The van der Waals surface area contributed by atoms with Crippen molar-refractivity contribution in [3.8, 4) is 0 Å². The smallest absolute Gasteiger partial charge is 0.252 e. The average molecular weight is 367 g/mol. The van der Waals surface area contributed by atoms with Crippen molar-refractivity contribution in [3.05, 3.63) is 54.0 Å². The molecule has 7 nitrogen and oxygen atoms in total. The number of anilines is 1. The fourth-order valence-electron chi connectivity index (χ4n) is 3.20. The van der Waals surface area contributed by atoms with Gasteiger partial charge in [0.15, 0.2) is 0 Å². The van der Waals surface area contributed by atoms with Crippen molar-refractivity contribution in [1.82, 2.24) is 20.6 Å². The van der Waals surface area contributed by atoms with Crippen LogP contribution < -0.4 is 15.5 Å². The molecule has 0 aromatic carbocycles. The SMILES string of the molecule is CC(=O)NC1CCN(c2ccc(C(=O)NCCCc3ccccn3)cn2)C1. The van der Waals surface area contributed by atoms with E-state index in [0.29, 0.717) is 12.1 Å². The predicted octanol–water partition coefficient (Wildman–Crippen LogP) is 1.55. The van der Waals surface area contributed by atoms with Crippen molar-refractivity contribution in [2.45, 2.75) is 32.2 Å². The zero-order valence-corrected chi connectivity index (χ0v) is 15.5. The summed E-state index contributed by atoms with van der Waals surface area (Å²) in [7, 11) is 0. The molecule has 7 heteroatoms. The van der Waals surface area contributed by atoms with E-state index < -0.39 is 0 Å². The first kappa shape index (κ1) is 18.8. The van der Waals surface area contributed by atoms with Gasteiger partial charge in [-0.3, -0.25) is 14.6 Å². The van der Waals surface area contributed by atoms with Gasteiger partial charge in [0, 0.05) is 50.7 Å². The van der Waals surface area contributed by atoms with E-state index in [0.717, 1.165) is 43.9 Å². The van der Waals surface area contributed by atoms with Crippen LogP contribution >= 0.6 is 0 Å². The van der Waals surface area contributed by atoms with Crippen LogP contribution in [0.25, 0.3) is 0 Å². The molecule has 0 aliphatic carbocycles. The van der Waals surface area contributed by atoms with E-state index in [-0.39, 0.29) is 17.9 Å². The van der Waals surface area contributed by atoms with Crippen LogP contribution in [-0.2, 0) is 11.2 Å². The quantitative estimate of drug-likeness (QED) is 0.725. The van der Waals surface area contributed by atoms with E-state index in [1.807, 2.05) is 24.3 Å². The normalized spacial score (nSPS) is 16.2. The Kier molecular flexibility index (Phi) is 6.35. The third kappa shape index (κ3) is 5.51. The number of aromatic nitrogens is 2. The Morgan fingerprint density at radius 3 is 2.81 bits per heavy atom. The van der Waals surface area contributed by atoms with Crippen molar-refractivity contribution >= 4 is 17.6 Å². The van der Waals surface area contributed by atoms with Crippen molar-refractivity contribution in [1.29, 1.82) is 0 Å². The highest BCUT2D eigenvalue weighted by atomic mass is 16.2. The van der Waals surface area contributed by atoms with Gasteiger partial charge in [0.2, 0.25) is 5.91 Å². The van der Waals surface area contributed by atoms with Crippen LogP contribution in [0.4, 0.5) is 5.82 Å². The second kappa shape index (κ2) is 9.12. The van der Waals surface area contributed by atoms with Gasteiger partial charge in [0.25, 0.3) is 5.91 Å². The molecule has 1 aliphatic heterocycles. The topological polar surface area (TPSA) is 87.2 Å². The first-order chi connectivity index (χ1) is 13.1. The molecule has 0 saturated carbocycles. The molecule has 1 atom stereocenters. The zero-order chi connectivity index (χ0) is 19.1. The summed E-state index contributed by atoms with van der Waals surface area (Å²) in [6.45, 7) is 3.72. The summed E-state index contributed by atoms with van der Waals surface area (Å²) in [5.74, 6) is 0.701. The van der Waals surface area contributed by atoms with E-state index in [2.05, 4.69) is 25.5 Å². The summed E-state index contributed by atoms with van der Waals surface area (Å²) in [5, 5.41) is 5.85. The standard InChI is InChI=1S/C20H25N5O2/c1-15(26)24-18-9-12-25(14-18)19-8-7-16(13-23-19)20(27)22-11-4-6-17-5-2-3-10-21-17/h2-3,5,7-8,10,13,18H,4,6,9,11-12,14H2,1H3,(H,22,27)(H,24,26). The lowest BCUT2D eigenvalue weighted by Crippen LogP contribution is -2.35. The lowest BCUT2D eigenvalue weighted by Gasteiger charge is -2.17. The molecule has 2 N–H and O–H groups in total. The number of carbonyl (C=O) groups excluding carboxylic acids is 2. The Balaban J connectivity index is 1.44. The van der Waals surface area contributed by atoms with Crippen LogP contribution in [0.1, 0.15) is 35.8 Å². The van der Waals surface area contributed by atoms with Crippen LogP contribution in [0.5, 0.6) is 0 Å². The minimum atomic E-state index is -0.118. The highest BCUT2D eigenvalue weighted by Gasteiger charge is 2.24. The molecule has 27 heavy (non-hydrogen) atoms. The molecule has 1 saturated heterocycles. The molecule has 1 unspecified atom stereocenters. The van der Waals surface area contributed by atoms with Crippen molar-refractivity contribution in [2.75, 3.05) is 24.5 Å². The molecule has 3 rings (SSSR count). The molecule has 1 aliphatic rings. The summed E-state index contributed by atoms with van der Waals surface area (Å²) in [6.07, 6.45) is 5.96. The molecule has 0 bridgehead atoms. The molecule has 0 radical (unpaired) electrons. The van der Waals surface area contributed by atoms with Gasteiger partial charge in [-0.1, -0.05) is 6.07 Å². The minimum absolute atomic E-state index is 0.00938. The predicted molar refractivity (Wildman–Crippen MR) is 104 cm³/mol. The number of pyridine rings is 2. The summed E-state index contributed by atoms with van der Waals surface area (Å²) in [5.41, 5.74) is 1.58. The third-order valence-corrected chi connectivity index (χ3v) is 4.55. The minimum Gasteiger partial charge on any atom is -0.354 e. The monoisotopic (exact) mass is 367 g/mol. The van der Waals surface area contributed by atoms with Crippen LogP contribution in [-0.4, -0.2) is 47.5 Å². The Morgan fingerprint density at radius 2 is 2.11 bits per heavy atom. The molecule has 0 spiro atoms. The number of nitrogens with one attached hydrogen (secondary N) is 2. The number of hydrogen-bond donors (Lipinski definition) is 2. The first-order valence-electron chi connectivity index (χ1n) is 9.28. The Bertz CT molecular complexity index is 764. The van der Waals surface area contributed by atoms with Crippen LogP contribution in [0.2, 0.25) is 0 Å². The molecule has 1 fully saturated rings. The number of nitrogens with zero attached hydrogens (tertiary/aromatic N) is 3. The van der Waals surface area contributed by atoms with E-state index in [1.165, 1.54) is 6.92 Å². The maximum Gasteiger partial charge on any atom is 0.252 e. The van der Waals surface area contributed by atoms with Gasteiger partial charge in [-0.2, -0.15) is 0 Å². The first-order valence-corrected chi connectivity index (χ1v) is 9.28. The maximum absolute atomic E-state index is 12.2. The van der Waals surface area contributed by atoms with E-state index in [4.69, 9.17) is 0 Å². The van der Waals surface area contributed by atoms with Crippen molar-refractivity contribution < 1.29 is 9.59 Å². The van der Waals surface area contributed by atoms with E-state index in [1.54, 1.807) is 18.5 Å². The Labute approximate surface area is 159 Å². The third-order valence-electron chi connectivity index (χ3n) is 4.55. The molecule has 2 aromatic heterocycles. The second-order valence-corrected chi connectivity index (χ2v) is 6.72. The molecular weight excluding hydrogens is 342 g/mol. The molecule has 2 aromatic rings. The molecular formula is C20H25N5O2. The van der Waals surface area contributed by atoms with Gasteiger partial charge in [-0.15, -0.1) is 0 Å². The van der Waals surface area contributed by atoms with E-state index in [9.17, 15) is 9.59 Å². The Morgan fingerprint density at radius 1 is 1.22 bits per heavy atom. The molecule has 2 amide bonds. The zero-order valence-electron chi connectivity index (χ0n) is 15.5. The Hall–Kier alpha value is -2.96. The summed E-state index contributed by atoms with van der Waals surface area (Å²) in [4.78, 5) is 34.2. The van der Waals surface area contributed by atoms with Crippen LogP contribution in [0, 0.1) is 0 Å². The number of aryl methyl sites for hydroxylation is 1. The van der Waals surface area contributed by atoms with Crippen LogP contribution in [0.3, 0.4) is 0 Å². The van der Waals surface area contributed by atoms with Gasteiger partial charge < -0.3 is 15.5 Å². The number of hydrogen-bond acceptors (Lipinski definition) is 5. The highest BCUT2D eigenvalue weighted by Crippen LogP contribution is 2.18. The fraction of sp³-hybridized carbons (Fsp3) is 0.400. The summed E-state index contributed by atoms with van der Waals surface area (Å²) >= 11 is 0. The van der Waals surface area contributed by atoms with Crippen LogP contribution in [0.15, 0.2) is 42.7 Å². The average Bonchev–Trinajstić information content (AvgIpc) is 3.14. The number of amides is 2. The fourth-order valence-corrected chi connectivity index (χ4v) is 3.20.